The van der Waals surface area contributed by atoms with E-state index in [-0.39, 0.29) is 5.82 Å². The summed E-state index contributed by atoms with van der Waals surface area (Å²) in [6, 6.07) is 5.82. The van der Waals surface area contributed by atoms with E-state index < -0.39 is 12.0 Å². The summed E-state index contributed by atoms with van der Waals surface area (Å²) in [6.07, 6.45) is 3.03. The number of imidazole rings is 1. The zero-order chi connectivity index (χ0) is 15.7. The number of hydrogen-bond donors (Lipinski definition) is 1. The van der Waals surface area contributed by atoms with Crippen molar-refractivity contribution in [2.75, 3.05) is 6.54 Å². The predicted molar refractivity (Wildman–Crippen MR) is 79.4 cm³/mol. The van der Waals surface area contributed by atoms with Crippen LogP contribution in [0.4, 0.5) is 4.39 Å². The molecule has 2 aromatic rings. The van der Waals surface area contributed by atoms with Crippen molar-refractivity contribution in [3.63, 3.8) is 0 Å². The Morgan fingerprint density at radius 1 is 1.41 bits per heavy atom. The molecule has 6 heteroatoms. The third-order valence-corrected chi connectivity index (χ3v) is 4.16. The van der Waals surface area contributed by atoms with Crippen LogP contribution >= 0.6 is 0 Å². The lowest BCUT2D eigenvalue weighted by molar-refractivity contribution is -0.143. The Kier molecular flexibility index (Phi) is 3.94. The first kappa shape index (κ1) is 14.7. The number of carbonyl (C=O) groups is 1. The Balaban J connectivity index is 1.86. The second-order valence-electron chi connectivity index (χ2n) is 5.47. The lowest BCUT2D eigenvalue weighted by atomic mass is 10.1. The van der Waals surface area contributed by atoms with Gasteiger partial charge in [0.05, 0.1) is 12.0 Å². The van der Waals surface area contributed by atoms with Crippen LogP contribution in [0.15, 0.2) is 30.6 Å². The Morgan fingerprint density at radius 3 is 2.77 bits per heavy atom. The van der Waals surface area contributed by atoms with Crippen molar-refractivity contribution >= 4 is 5.97 Å². The molecule has 5 nitrogen and oxygen atoms in total. The van der Waals surface area contributed by atoms with Gasteiger partial charge in [0.2, 0.25) is 0 Å². The predicted octanol–water partition coefficient (Wildman–Crippen LogP) is 2.23. The molecular weight excluding hydrogens is 285 g/mol. The fourth-order valence-electron chi connectivity index (χ4n) is 3.01. The summed E-state index contributed by atoms with van der Waals surface area (Å²) in [4.78, 5) is 17.7. The molecule has 1 aliphatic heterocycles. The topological polar surface area (TPSA) is 58.4 Å². The molecule has 1 aliphatic rings. The third-order valence-electron chi connectivity index (χ3n) is 4.16. The molecule has 0 amide bonds. The van der Waals surface area contributed by atoms with Crippen LogP contribution in [-0.2, 0) is 17.8 Å². The second-order valence-corrected chi connectivity index (χ2v) is 5.47. The molecule has 1 aromatic heterocycles. The Bertz CT molecular complexity index is 681. The maximum absolute atomic E-state index is 13.0. The Hall–Kier alpha value is -2.21. The highest BCUT2D eigenvalue weighted by atomic mass is 19.1. The van der Waals surface area contributed by atoms with Gasteiger partial charge >= 0.3 is 5.97 Å². The minimum absolute atomic E-state index is 0.267. The summed E-state index contributed by atoms with van der Waals surface area (Å²) in [5.41, 5.74) is 2.84. The monoisotopic (exact) mass is 303 g/mol. The number of fused-ring (bicyclic) bond motifs is 1. The number of nitrogens with zero attached hydrogens (tertiary/aromatic N) is 3. The van der Waals surface area contributed by atoms with Crippen molar-refractivity contribution in [1.29, 1.82) is 0 Å². The van der Waals surface area contributed by atoms with Gasteiger partial charge in [0.25, 0.3) is 0 Å². The molecule has 0 saturated carbocycles. The molecule has 22 heavy (non-hydrogen) atoms. The van der Waals surface area contributed by atoms with Crippen molar-refractivity contribution in [3.8, 4) is 5.69 Å². The first-order chi connectivity index (χ1) is 10.6. The van der Waals surface area contributed by atoms with Gasteiger partial charge in [-0.2, -0.15) is 0 Å². The fraction of sp³-hybridized carbons (Fsp3) is 0.375. The Morgan fingerprint density at radius 2 is 2.14 bits per heavy atom. The normalized spacial score (nSPS) is 16.3. The summed E-state index contributed by atoms with van der Waals surface area (Å²) < 4.78 is 15.0. The molecule has 1 N–H and O–H groups in total. The van der Waals surface area contributed by atoms with Gasteiger partial charge in [-0.25, -0.2) is 9.37 Å². The van der Waals surface area contributed by atoms with Crippen LogP contribution in [0.5, 0.6) is 0 Å². The van der Waals surface area contributed by atoms with Gasteiger partial charge in [0.15, 0.2) is 0 Å². The standard InChI is InChI=1S/C16H18FN3O2/c1-2-14(16(21)22)19-8-7-15-13(9-19)18-10-20(15)12-5-3-11(17)4-6-12/h3-6,10,14H,2,7-9H2,1H3,(H,21,22)/t14-/m1/s1. The maximum atomic E-state index is 13.0. The van der Waals surface area contributed by atoms with Gasteiger partial charge in [0.1, 0.15) is 11.9 Å². The van der Waals surface area contributed by atoms with E-state index >= 15 is 0 Å². The Labute approximate surface area is 128 Å². The smallest absolute Gasteiger partial charge is 0.320 e. The van der Waals surface area contributed by atoms with E-state index in [4.69, 9.17) is 0 Å². The van der Waals surface area contributed by atoms with Gasteiger partial charge in [0, 0.05) is 30.9 Å². The summed E-state index contributed by atoms with van der Waals surface area (Å²) >= 11 is 0. The first-order valence-electron chi connectivity index (χ1n) is 7.38. The van der Waals surface area contributed by atoms with Gasteiger partial charge in [-0.1, -0.05) is 6.92 Å². The number of rotatable bonds is 4. The minimum Gasteiger partial charge on any atom is -0.480 e. The summed E-state index contributed by atoms with van der Waals surface area (Å²) in [6.45, 7) is 3.10. The van der Waals surface area contributed by atoms with E-state index in [1.807, 2.05) is 16.4 Å². The zero-order valence-electron chi connectivity index (χ0n) is 12.4. The van der Waals surface area contributed by atoms with Gasteiger partial charge in [-0.05, 0) is 30.7 Å². The average molecular weight is 303 g/mol. The van der Waals surface area contributed by atoms with Crippen LogP contribution in [0.25, 0.3) is 5.69 Å². The maximum Gasteiger partial charge on any atom is 0.320 e. The van der Waals surface area contributed by atoms with E-state index in [0.29, 0.717) is 19.5 Å². The highest BCUT2D eigenvalue weighted by Crippen LogP contribution is 2.23. The number of aromatic nitrogens is 2. The molecule has 0 saturated heterocycles. The van der Waals surface area contributed by atoms with Crippen LogP contribution in [-0.4, -0.2) is 38.1 Å². The van der Waals surface area contributed by atoms with Crippen LogP contribution in [0.1, 0.15) is 24.7 Å². The molecule has 116 valence electrons. The number of halogens is 1. The van der Waals surface area contributed by atoms with Gasteiger partial charge in [-0.3, -0.25) is 9.69 Å². The van der Waals surface area contributed by atoms with Crippen LogP contribution in [0.2, 0.25) is 0 Å². The third kappa shape index (κ3) is 2.62. The minimum atomic E-state index is -0.788. The molecule has 0 radical (unpaired) electrons. The van der Waals surface area contributed by atoms with E-state index in [1.54, 1.807) is 18.5 Å². The molecule has 1 atom stereocenters. The molecule has 0 bridgehead atoms. The highest BCUT2D eigenvalue weighted by molar-refractivity contribution is 5.73. The average Bonchev–Trinajstić information content (AvgIpc) is 2.91. The first-order valence-corrected chi connectivity index (χ1v) is 7.38. The van der Waals surface area contributed by atoms with Crippen LogP contribution < -0.4 is 0 Å². The summed E-state index contributed by atoms with van der Waals surface area (Å²) in [5.74, 6) is -1.06. The van der Waals surface area contributed by atoms with Gasteiger partial charge < -0.3 is 9.67 Å². The lowest BCUT2D eigenvalue weighted by Gasteiger charge is -2.31. The molecule has 3 rings (SSSR count). The fourth-order valence-corrected chi connectivity index (χ4v) is 3.01. The SMILES string of the molecule is CC[C@H](C(=O)O)N1CCc2c(ncn2-c2ccc(F)cc2)C1. The highest BCUT2D eigenvalue weighted by Gasteiger charge is 2.29. The van der Waals surface area contributed by atoms with Crippen molar-refractivity contribution in [2.45, 2.75) is 32.4 Å². The number of carboxylic acids is 1. The van der Waals surface area contributed by atoms with Gasteiger partial charge in [-0.15, -0.1) is 0 Å². The van der Waals surface area contributed by atoms with E-state index in [0.717, 1.165) is 23.5 Å². The summed E-state index contributed by atoms with van der Waals surface area (Å²) in [5, 5.41) is 9.28. The molecule has 2 heterocycles. The van der Waals surface area contributed by atoms with Crippen molar-refractivity contribution in [2.24, 2.45) is 0 Å². The quantitative estimate of drug-likeness (QED) is 0.941. The van der Waals surface area contributed by atoms with Crippen LogP contribution in [0, 0.1) is 5.82 Å². The molecular formula is C16H18FN3O2. The van der Waals surface area contributed by atoms with E-state index in [2.05, 4.69) is 4.98 Å². The zero-order valence-corrected chi connectivity index (χ0v) is 12.4. The lowest BCUT2D eigenvalue weighted by Crippen LogP contribution is -2.43. The largest absolute Gasteiger partial charge is 0.480 e. The molecule has 0 aliphatic carbocycles. The van der Waals surface area contributed by atoms with Crippen molar-refractivity contribution in [3.05, 3.63) is 47.8 Å². The van der Waals surface area contributed by atoms with E-state index in [1.165, 1.54) is 12.1 Å². The number of benzene rings is 1. The van der Waals surface area contributed by atoms with Crippen molar-refractivity contribution < 1.29 is 14.3 Å². The number of aliphatic carboxylic acids is 1. The van der Waals surface area contributed by atoms with E-state index in [9.17, 15) is 14.3 Å². The molecule has 1 aromatic carbocycles. The second kappa shape index (κ2) is 5.88. The molecule has 0 spiro atoms. The van der Waals surface area contributed by atoms with Crippen LogP contribution in [0.3, 0.4) is 0 Å². The number of hydrogen-bond acceptors (Lipinski definition) is 3. The summed E-state index contributed by atoms with van der Waals surface area (Å²) in [7, 11) is 0. The molecule has 0 fully saturated rings. The van der Waals surface area contributed by atoms with Crippen molar-refractivity contribution in [1.82, 2.24) is 14.5 Å². The number of carboxylic acid groups (broad SMARTS) is 1. The molecule has 0 unspecified atom stereocenters.